The van der Waals surface area contributed by atoms with Gasteiger partial charge in [-0.25, -0.2) is 4.79 Å². The highest BCUT2D eigenvalue weighted by molar-refractivity contribution is 6.40. The molecule has 232 valence electrons. The fraction of sp³-hybridized carbons (Fsp3) is 0.207. The molecule has 2 heterocycles. The zero-order valence-electron chi connectivity index (χ0n) is 23.5. The van der Waals surface area contributed by atoms with E-state index in [1.807, 2.05) is 0 Å². The molecule has 0 spiro atoms. The molecule has 1 aliphatic rings. The highest BCUT2D eigenvalue weighted by Crippen LogP contribution is 2.24. The van der Waals surface area contributed by atoms with E-state index in [0.29, 0.717) is 24.4 Å². The molecule has 0 aliphatic carbocycles. The third kappa shape index (κ3) is 7.77. The molecule has 0 radical (unpaired) electrons. The minimum atomic E-state index is -1.22. The van der Waals surface area contributed by atoms with Crippen molar-refractivity contribution >= 4 is 52.4 Å². The lowest BCUT2D eigenvalue weighted by Crippen LogP contribution is -2.49. The largest absolute Gasteiger partial charge is 0.478 e. The van der Waals surface area contributed by atoms with Crippen LogP contribution in [0.1, 0.15) is 15.9 Å². The van der Waals surface area contributed by atoms with Crippen LogP contribution in [-0.4, -0.2) is 86.1 Å². The molecule has 2 atom stereocenters. The van der Waals surface area contributed by atoms with Crippen molar-refractivity contribution in [1.29, 1.82) is 0 Å². The van der Waals surface area contributed by atoms with Crippen molar-refractivity contribution in [2.45, 2.75) is 18.7 Å². The molecule has 0 unspecified atom stereocenters. The molecule has 3 aromatic carbocycles. The van der Waals surface area contributed by atoms with Crippen molar-refractivity contribution in [2.24, 2.45) is 0 Å². The summed E-state index contributed by atoms with van der Waals surface area (Å²) in [4.78, 5) is 52.5. The number of anilines is 3. The summed E-state index contributed by atoms with van der Waals surface area (Å²) in [6.07, 6.45) is 0.499. The third-order valence-corrected chi connectivity index (χ3v) is 7.08. The Labute approximate surface area is 260 Å². The van der Waals surface area contributed by atoms with Crippen LogP contribution in [0.5, 0.6) is 0 Å². The smallest absolute Gasteiger partial charge is 0.335 e. The number of hydrogen-bond donors (Lipinski definition) is 5. The van der Waals surface area contributed by atoms with Crippen molar-refractivity contribution in [3.8, 4) is 5.69 Å². The highest BCUT2D eigenvalue weighted by atomic mass is 35.5. The topological polar surface area (TPSA) is 201 Å². The van der Waals surface area contributed by atoms with E-state index in [1.165, 1.54) is 41.3 Å². The van der Waals surface area contributed by atoms with E-state index in [-0.39, 0.29) is 35.0 Å². The number of ether oxygens (including phenoxy) is 1. The zero-order chi connectivity index (χ0) is 31.9. The molecule has 1 aromatic heterocycles. The summed E-state index contributed by atoms with van der Waals surface area (Å²) < 4.78 is 6.55. The highest BCUT2D eigenvalue weighted by Gasteiger charge is 2.26. The first kappa shape index (κ1) is 31.1. The summed E-state index contributed by atoms with van der Waals surface area (Å²) in [6, 6.07) is 15.8. The second-order valence-electron chi connectivity index (χ2n) is 9.89. The summed E-state index contributed by atoms with van der Waals surface area (Å²) in [7, 11) is 0. The van der Waals surface area contributed by atoms with Gasteiger partial charge < -0.3 is 35.8 Å². The monoisotopic (exact) mass is 634 g/mol. The molecule has 0 bridgehead atoms. The number of aromatic carboxylic acids is 1. The quantitative estimate of drug-likeness (QED) is 0.167. The Morgan fingerprint density at radius 2 is 1.76 bits per heavy atom. The third-order valence-electron chi connectivity index (χ3n) is 6.84. The van der Waals surface area contributed by atoms with Gasteiger partial charge in [-0.05, 0) is 70.6 Å². The molecule has 5 N–H and O–H groups in total. The maximum absolute atomic E-state index is 13.4. The fourth-order valence-corrected chi connectivity index (χ4v) is 4.74. The number of carboxylic acids is 1. The number of carbonyl (C=O) groups excluding carboxylic acids is 3. The first-order valence-electron chi connectivity index (χ1n) is 13.6. The maximum atomic E-state index is 13.4. The van der Waals surface area contributed by atoms with Gasteiger partial charge >= 0.3 is 17.8 Å². The number of halogens is 1. The number of amides is 3. The number of rotatable bonds is 9. The van der Waals surface area contributed by atoms with Crippen molar-refractivity contribution in [2.75, 3.05) is 35.3 Å². The van der Waals surface area contributed by atoms with Gasteiger partial charge in [0.25, 0.3) is 0 Å². The van der Waals surface area contributed by atoms with E-state index in [1.54, 1.807) is 41.3 Å². The number of carbonyl (C=O) groups is 4. The second-order valence-corrected chi connectivity index (χ2v) is 10.3. The molecular formula is C29H27ClN8O7. The van der Waals surface area contributed by atoms with Crippen LogP contribution >= 0.6 is 11.6 Å². The minimum absolute atomic E-state index is 0.00293. The molecule has 1 saturated heterocycles. The Morgan fingerprint density at radius 1 is 1.00 bits per heavy atom. The number of aliphatic hydroxyl groups is 1. The van der Waals surface area contributed by atoms with Crippen LogP contribution < -0.4 is 20.9 Å². The SMILES string of the molecule is O=C(Nc1cc(Cl)ccc1-n1cnnn1)C(=O)N[C@@H](Cc1ccc(N2CCOC[C@@H]2O)cc1)C(=O)Nc1ccc(C(=O)O)cc1. The molecule has 15 nitrogen and oxygen atoms in total. The molecular weight excluding hydrogens is 608 g/mol. The van der Waals surface area contributed by atoms with Crippen LogP contribution in [0.4, 0.5) is 17.1 Å². The number of hydrogen-bond acceptors (Lipinski definition) is 10. The van der Waals surface area contributed by atoms with Gasteiger partial charge in [0.15, 0.2) is 6.23 Å². The Bertz CT molecular complexity index is 1680. The number of tetrazole rings is 1. The average molecular weight is 635 g/mol. The molecule has 5 rings (SSSR count). The summed E-state index contributed by atoms with van der Waals surface area (Å²) in [5.41, 5.74) is 2.21. The summed E-state index contributed by atoms with van der Waals surface area (Å²) in [6.45, 7) is 1.14. The van der Waals surface area contributed by atoms with Crippen LogP contribution in [0.3, 0.4) is 0 Å². The second kappa shape index (κ2) is 13.9. The lowest BCUT2D eigenvalue weighted by atomic mass is 10.0. The molecule has 45 heavy (non-hydrogen) atoms. The Morgan fingerprint density at radius 3 is 2.42 bits per heavy atom. The number of aliphatic hydroxyl groups excluding tert-OH is 1. The number of nitrogens with one attached hydrogen (secondary N) is 3. The number of carboxylic acid groups (broad SMARTS) is 1. The molecule has 1 fully saturated rings. The summed E-state index contributed by atoms with van der Waals surface area (Å²) >= 11 is 6.11. The van der Waals surface area contributed by atoms with Gasteiger partial charge in [-0.1, -0.05) is 23.7 Å². The predicted molar refractivity (Wildman–Crippen MR) is 161 cm³/mol. The van der Waals surface area contributed by atoms with E-state index in [2.05, 4.69) is 31.5 Å². The first-order valence-corrected chi connectivity index (χ1v) is 14.0. The molecule has 1 aliphatic heterocycles. The van der Waals surface area contributed by atoms with E-state index in [4.69, 9.17) is 21.4 Å². The van der Waals surface area contributed by atoms with E-state index in [0.717, 1.165) is 5.69 Å². The molecule has 3 amide bonds. The van der Waals surface area contributed by atoms with Crippen LogP contribution in [0.2, 0.25) is 5.02 Å². The van der Waals surface area contributed by atoms with E-state index < -0.39 is 36.0 Å². The van der Waals surface area contributed by atoms with Gasteiger partial charge in [-0.3, -0.25) is 14.4 Å². The first-order chi connectivity index (χ1) is 21.7. The zero-order valence-corrected chi connectivity index (χ0v) is 24.2. The maximum Gasteiger partial charge on any atom is 0.335 e. The summed E-state index contributed by atoms with van der Waals surface area (Å²) in [5, 5.41) is 38.2. The number of aromatic nitrogens is 4. The summed E-state index contributed by atoms with van der Waals surface area (Å²) in [5.74, 6) is -3.96. The Kier molecular flexibility index (Phi) is 9.62. The van der Waals surface area contributed by atoms with Crippen LogP contribution in [0.25, 0.3) is 5.69 Å². The fourth-order valence-electron chi connectivity index (χ4n) is 4.57. The van der Waals surface area contributed by atoms with Gasteiger partial charge in [0.1, 0.15) is 12.4 Å². The van der Waals surface area contributed by atoms with Crippen molar-refractivity contribution in [3.05, 3.63) is 89.2 Å². The number of benzene rings is 3. The van der Waals surface area contributed by atoms with Crippen molar-refractivity contribution in [3.63, 3.8) is 0 Å². The van der Waals surface area contributed by atoms with Crippen LogP contribution in [0, 0.1) is 0 Å². The van der Waals surface area contributed by atoms with E-state index in [9.17, 15) is 24.3 Å². The van der Waals surface area contributed by atoms with E-state index >= 15 is 0 Å². The van der Waals surface area contributed by atoms with Gasteiger partial charge in [0.2, 0.25) is 5.91 Å². The standard InChI is InChI=1S/C29H27ClN8O7/c30-19-5-10-24(38-16-31-35-36-38)22(14-19)33-27(41)28(42)34-23(26(40)32-20-6-3-18(4-7-20)29(43)44)13-17-1-8-21(9-2-17)37-11-12-45-15-25(37)39/h1-10,14,16,23,25,39H,11-13,15H2,(H,32,40)(H,33,41)(H,34,42)(H,43,44)/t23-,25-/m0/s1. The normalized spacial score (nSPS) is 15.2. The Balaban J connectivity index is 1.33. The minimum Gasteiger partial charge on any atom is -0.478 e. The molecule has 0 saturated carbocycles. The number of nitrogens with zero attached hydrogens (tertiary/aromatic N) is 5. The lowest BCUT2D eigenvalue weighted by Gasteiger charge is -2.34. The van der Waals surface area contributed by atoms with Crippen molar-refractivity contribution in [1.82, 2.24) is 25.5 Å². The van der Waals surface area contributed by atoms with Gasteiger partial charge in [0.05, 0.1) is 30.2 Å². The molecule has 16 heteroatoms. The van der Waals surface area contributed by atoms with Crippen molar-refractivity contribution < 1.29 is 34.1 Å². The molecule has 4 aromatic rings. The van der Waals surface area contributed by atoms with Crippen LogP contribution in [0.15, 0.2) is 73.1 Å². The van der Waals surface area contributed by atoms with Gasteiger partial charge in [0, 0.05) is 29.4 Å². The van der Waals surface area contributed by atoms with Crippen LogP contribution in [-0.2, 0) is 25.5 Å². The number of morpholine rings is 1. The van der Waals surface area contributed by atoms with Gasteiger partial charge in [-0.2, -0.15) is 4.68 Å². The predicted octanol–water partition coefficient (Wildman–Crippen LogP) is 1.47. The lowest BCUT2D eigenvalue weighted by molar-refractivity contribution is -0.137. The average Bonchev–Trinajstić information content (AvgIpc) is 3.56. The Hall–Kier alpha value is -5.38. The van der Waals surface area contributed by atoms with Gasteiger partial charge in [-0.15, -0.1) is 5.10 Å².